The Morgan fingerprint density at radius 2 is 1.30 bits per heavy atom. The number of ether oxygens (including phenoxy) is 1. The highest BCUT2D eigenvalue weighted by Crippen LogP contribution is 2.60. The lowest BCUT2D eigenvalue weighted by atomic mass is 9.62. The van der Waals surface area contributed by atoms with Crippen LogP contribution in [0.25, 0.3) is 0 Å². The number of benzene rings is 3. The van der Waals surface area contributed by atoms with E-state index >= 15 is 0 Å². The van der Waals surface area contributed by atoms with Gasteiger partial charge in [-0.1, -0.05) is 78.4 Å². The van der Waals surface area contributed by atoms with Crippen LogP contribution in [0.15, 0.2) is 95.2 Å². The zero-order valence-electron chi connectivity index (χ0n) is 17.2. The Bertz CT molecular complexity index is 1080. The van der Waals surface area contributed by atoms with Gasteiger partial charge in [0.15, 0.2) is 11.1 Å². The smallest absolute Gasteiger partial charge is 0.289 e. The van der Waals surface area contributed by atoms with Crippen molar-refractivity contribution >= 4 is 11.6 Å². The first-order valence-electron chi connectivity index (χ1n) is 10.1. The number of hydrogen-bond acceptors (Lipinski definition) is 4. The molecule has 150 valence electrons. The summed E-state index contributed by atoms with van der Waals surface area (Å²) in [6, 6.07) is 27.3. The van der Waals surface area contributed by atoms with Crippen LogP contribution in [0.5, 0.6) is 0 Å². The summed E-state index contributed by atoms with van der Waals surface area (Å²) < 4.78 is 6.54. The highest BCUT2D eigenvalue weighted by atomic mass is 16.6. The molecular weight excluding hydrogens is 374 g/mol. The number of carbonyl (C=O) groups is 1. The number of aryl methyl sites for hydroxylation is 1. The van der Waals surface area contributed by atoms with E-state index in [4.69, 9.17) is 4.74 Å². The highest BCUT2D eigenvalue weighted by Gasteiger charge is 2.78. The van der Waals surface area contributed by atoms with Crippen molar-refractivity contribution in [1.29, 1.82) is 0 Å². The molecule has 0 aromatic heterocycles. The van der Waals surface area contributed by atoms with Gasteiger partial charge in [0.1, 0.15) is 0 Å². The second-order valence-corrected chi connectivity index (χ2v) is 8.32. The fraction of sp³-hybridized carbons (Fsp3) is 0.240. The van der Waals surface area contributed by atoms with E-state index in [1.807, 2.05) is 106 Å². The first kappa shape index (κ1) is 18.7. The molecule has 0 aliphatic carbocycles. The number of carbonyl (C=O) groups excluding carboxylic acids is 1. The Kier molecular flexibility index (Phi) is 3.95. The predicted molar refractivity (Wildman–Crippen MR) is 115 cm³/mol. The van der Waals surface area contributed by atoms with Crippen molar-refractivity contribution < 1.29 is 9.53 Å². The summed E-state index contributed by atoms with van der Waals surface area (Å²) in [6.45, 7) is 5.74. The van der Waals surface area contributed by atoms with Crippen molar-refractivity contribution in [3.8, 4) is 0 Å². The minimum Gasteiger partial charge on any atom is -0.304 e. The molecule has 30 heavy (non-hydrogen) atoms. The summed E-state index contributed by atoms with van der Waals surface area (Å²) in [5.41, 5.74) is 1.55. The van der Waals surface area contributed by atoms with E-state index in [-0.39, 0.29) is 5.91 Å². The minimum atomic E-state index is -1.30. The molecule has 1 atom stereocenters. The van der Waals surface area contributed by atoms with Gasteiger partial charge in [-0.25, -0.2) is 0 Å². The summed E-state index contributed by atoms with van der Waals surface area (Å²) in [4.78, 5) is 15.7. The van der Waals surface area contributed by atoms with Crippen LogP contribution in [-0.2, 0) is 14.9 Å². The molecule has 3 aromatic rings. The van der Waals surface area contributed by atoms with Crippen LogP contribution in [0.2, 0.25) is 0 Å². The number of nitrogens with zero attached hydrogens (tertiary/aromatic N) is 3. The van der Waals surface area contributed by atoms with Crippen LogP contribution in [0, 0.1) is 6.92 Å². The highest BCUT2D eigenvalue weighted by molar-refractivity contribution is 6.13. The van der Waals surface area contributed by atoms with Crippen LogP contribution in [0.3, 0.4) is 0 Å². The van der Waals surface area contributed by atoms with Crippen molar-refractivity contribution in [2.75, 3.05) is 4.90 Å². The molecule has 2 heterocycles. The number of amides is 1. The molecule has 0 N–H and O–H groups in total. The van der Waals surface area contributed by atoms with Gasteiger partial charge in [0.05, 0.1) is 0 Å². The molecule has 1 unspecified atom stereocenters. The number of anilines is 1. The molecule has 2 aliphatic heterocycles. The lowest BCUT2D eigenvalue weighted by Crippen LogP contribution is -2.81. The predicted octanol–water partition coefficient (Wildman–Crippen LogP) is 5.20. The number of azo groups is 1. The SMILES string of the molecule is Cc1ccc(N2C(=O)C(c3ccccc3)(c3ccccc3)C23N=NC(C)(C)O3)cc1. The molecule has 1 spiro atoms. The molecule has 0 radical (unpaired) electrons. The zero-order valence-corrected chi connectivity index (χ0v) is 17.2. The van der Waals surface area contributed by atoms with Crippen molar-refractivity contribution in [1.82, 2.24) is 0 Å². The zero-order chi connectivity index (χ0) is 21.0. The quantitative estimate of drug-likeness (QED) is 0.571. The van der Waals surface area contributed by atoms with Gasteiger partial charge >= 0.3 is 0 Å². The molecule has 5 rings (SSSR count). The maximum atomic E-state index is 14.1. The van der Waals surface area contributed by atoms with E-state index < -0.39 is 17.0 Å². The molecular formula is C25H23N3O2. The van der Waals surface area contributed by atoms with E-state index in [1.54, 1.807) is 4.90 Å². The summed E-state index contributed by atoms with van der Waals surface area (Å²) in [5.74, 6) is -1.38. The lowest BCUT2D eigenvalue weighted by molar-refractivity contribution is -0.183. The lowest BCUT2D eigenvalue weighted by Gasteiger charge is -2.59. The van der Waals surface area contributed by atoms with E-state index in [0.717, 1.165) is 22.4 Å². The Labute approximate surface area is 176 Å². The Hall–Kier alpha value is -3.31. The number of hydrogen-bond donors (Lipinski definition) is 0. The largest absolute Gasteiger partial charge is 0.304 e. The third-order valence-corrected chi connectivity index (χ3v) is 5.84. The second-order valence-electron chi connectivity index (χ2n) is 8.32. The van der Waals surface area contributed by atoms with Crippen molar-refractivity contribution in [3.05, 3.63) is 102 Å². The molecule has 1 amide bonds. The molecule has 0 saturated carbocycles. The average molecular weight is 397 g/mol. The van der Waals surface area contributed by atoms with Crippen molar-refractivity contribution in [3.63, 3.8) is 0 Å². The normalized spacial score (nSPS) is 23.6. The Morgan fingerprint density at radius 3 is 1.77 bits per heavy atom. The van der Waals surface area contributed by atoms with Gasteiger partial charge in [0.25, 0.3) is 11.8 Å². The fourth-order valence-corrected chi connectivity index (χ4v) is 4.53. The van der Waals surface area contributed by atoms with Gasteiger partial charge in [-0.15, -0.1) is 5.11 Å². The fourth-order valence-electron chi connectivity index (χ4n) is 4.53. The maximum absolute atomic E-state index is 14.1. The summed E-state index contributed by atoms with van der Waals surface area (Å²) in [6.07, 6.45) is 0. The molecule has 0 bridgehead atoms. The van der Waals surface area contributed by atoms with Gasteiger partial charge in [0.2, 0.25) is 0 Å². The standard InChI is InChI=1S/C25H23N3O2/c1-18-14-16-21(17-15-18)28-22(29)24(19-10-6-4-7-11-19,20-12-8-5-9-13-20)25(28)27-26-23(2,3)30-25/h4-17H,1-3H3. The van der Waals surface area contributed by atoms with Crippen LogP contribution < -0.4 is 4.90 Å². The number of rotatable bonds is 3. The van der Waals surface area contributed by atoms with Crippen LogP contribution >= 0.6 is 0 Å². The van der Waals surface area contributed by atoms with Crippen LogP contribution in [0.1, 0.15) is 30.5 Å². The molecule has 5 heteroatoms. The molecule has 1 saturated heterocycles. The third kappa shape index (κ3) is 2.36. The van der Waals surface area contributed by atoms with Gasteiger partial charge in [-0.05, 0) is 44.0 Å². The van der Waals surface area contributed by atoms with Crippen molar-refractivity contribution in [2.24, 2.45) is 10.2 Å². The number of β-lactam (4-membered cyclic amide) rings is 1. The van der Waals surface area contributed by atoms with E-state index in [0.29, 0.717) is 0 Å². The van der Waals surface area contributed by atoms with Crippen LogP contribution in [0.4, 0.5) is 5.69 Å². The van der Waals surface area contributed by atoms with E-state index in [2.05, 4.69) is 10.2 Å². The van der Waals surface area contributed by atoms with E-state index in [1.165, 1.54) is 0 Å². The van der Waals surface area contributed by atoms with E-state index in [9.17, 15) is 4.79 Å². The van der Waals surface area contributed by atoms with Crippen LogP contribution in [-0.4, -0.2) is 17.5 Å². The van der Waals surface area contributed by atoms with Gasteiger partial charge < -0.3 is 4.74 Å². The average Bonchev–Trinajstić information content (AvgIpc) is 3.09. The Morgan fingerprint density at radius 1 is 0.767 bits per heavy atom. The van der Waals surface area contributed by atoms with Gasteiger partial charge in [-0.2, -0.15) is 5.11 Å². The summed E-state index contributed by atoms with van der Waals surface area (Å²) in [7, 11) is 0. The molecule has 1 fully saturated rings. The topological polar surface area (TPSA) is 54.3 Å². The minimum absolute atomic E-state index is 0.0830. The van der Waals surface area contributed by atoms with Gasteiger partial charge in [-0.3, -0.25) is 9.69 Å². The monoisotopic (exact) mass is 397 g/mol. The molecule has 2 aliphatic rings. The molecule has 5 nitrogen and oxygen atoms in total. The summed E-state index contributed by atoms with van der Waals surface area (Å²) >= 11 is 0. The second kappa shape index (κ2) is 6.34. The van der Waals surface area contributed by atoms with Crippen molar-refractivity contribution in [2.45, 2.75) is 37.8 Å². The van der Waals surface area contributed by atoms with Gasteiger partial charge in [0, 0.05) is 5.69 Å². The Balaban J connectivity index is 1.79. The maximum Gasteiger partial charge on any atom is 0.289 e. The molecule has 3 aromatic carbocycles. The first-order valence-corrected chi connectivity index (χ1v) is 10.1. The first-order chi connectivity index (χ1) is 14.4. The third-order valence-electron chi connectivity index (χ3n) is 5.84. The summed E-state index contributed by atoms with van der Waals surface area (Å²) in [5, 5.41) is 9.10.